The van der Waals surface area contributed by atoms with Crippen LogP contribution in [0.2, 0.25) is 0 Å². The highest BCUT2D eigenvalue weighted by molar-refractivity contribution is 5.22. The van der Waals surface area contributed by atoms with Gasteiger partial charge in [0.2, 0.25) is 0 Å². The topological polar surface area (TPSA) is 0 Å². The average molecular weight is 122 g/mol. The van der Waals surface area contributed by atoms with E-state index in [9.17, 15) is 0 Å². The van der Waals surface area contributed by atoms with Crippen molar-refractivity contribution in [3.05, 3.63) is 11.1 Å². The molecule has 0 atom stereocenters. The maximum Gasteiger partial charge on any atom is -0.0198 e. The van der Waals surface area contributed by atoms with Gasteiger partial charge < -0.3 is 0 Å². The minimum Gasteiger partial charge on any atom is -0.0738 e. The van der Waals surface area contributed by atoms with Crippen molar-refractivity contribution in [1.82, 2.24) is 0 Å². The monoisotopic (exact) mass is 122 g/mol. The van der Waals surface area contributed by atoms with Crippen molar-refractivity contribution in [2.24, 2.45) is 11.8 Å². The molecule has 3 aliphatic carbocycles. The second kappa shape index (κ2) is 1.62. The van der Waals surface area contributed by atoms with Crippen LogP contribution in [0.3, 0.4) is 0 Å². The van der Waals surface area contributed by atoms with Crippen LogP contribution in [0.25, 0.3) is 0 Å². The molecule has 0 unspecified atom stereocenters. The third-order valence-electron chi connectivity index (χ3n) is 3.12. The zero-order valence-corrected chi connectivity index (χ0v) is 6.28. The maximum atomic E-state index is 2.31. The molecule has 0 heterocycles. The van der Waals surface area contributed by atoms with Gasteiger partial charge in [0.15, 0.2) is 0 Å². The fraction of sp³-hybridized carbons (Fsp3) is 0.778. The quantitative estimate of drug-likeness (QED) is 0.433. The first-order chi connectivity index (χ1) is 4.27. The van der Waals surface area contributed by atoms with Crippen LogP contribution in [0.5, 0.6) is 0 Å². The minimum absolute atomic E-state index is 1.00. The fourth-order valence-corrected chi connectivity index (χ4v) is 2.20. The smallest absolute Gasteiger partial charge is 0.0198 e. The van der Waals surface area contributed by atoms with Gasteiger partial charge in [-0.25, -0.2) is 0 Å². The van der Waals surface area contributed by atoms with Gasteiger partial charge in [-0.1, -0.05) is 11.1 Å². The molecule has 3 rings (SSSR count). The lowest BCUT2D eigenvalue weighted by atomic mass is 9.63. The highest BCUT2D eigenvalue weighted by Crippen LogP contribution is 2.48. The van der Waals surface area contributed by atoms with Gasteiger partial charge in [-0.05, 0) is 44.9 Å². The first kappa shape index (κ1) is 5.52. The van der Waals surface area contributed by atoms with Crippen molar-refractivity contribution in [2.75, 3.05) is 0 Å². The molecule has 0 amide bonds. The van der Waals surface area contributed by atoms with Crippen molar-refractivity contribution < 1.29 is 0 Å². The van der Waals surface area contributed by atoms with Crippen molar-refractivity contribution in [1.29, 1.82) is 0 Å². The molecule has 50 valence electrons. The third kappa shape index (κ3) is 0.654. The number of rotatable bonds is 0. The Balaban J connectivity index is 2.28. The van der Waals surface area contributed by atoms with Gasteiger partial charge in [0.05, 0.1) is 0 Å². The molecule has 3 aliphatic rings. The number of fused-ring (bicyclic) bond motifs is 1. The van der Waals surface area contributed by atoms with Gasteiger partial charge in [-0.2, -0.15) is 0 Å². The zero-order chi connectivity index (χ0) is 6.43. The van der Waals surface area contributed by atoms with Crippen LogP contribution in [0.15, 0.2) is 11.1 Å². The van der Waals surface area contributed by atoms with Gasteiger partial charge in [0, 0.05) is 0 Å². The lowest BCUT2D eigenvalue weighted by molar-refractivity contribution is 0.202. The Labute approximate surface area is 57.0 Å². The number of hydrogen-bond donors (Lipinski definition) is 0. The van der Waals surface area contributed by atoms with E-state index in [0.717, 1.165) is 11.8 Å². The Morgan fingerprint density at radius 2 is 1.89 bits per heavy atom. The molecule has 0 aromatic heterocycles. The Morgan fingerprint density at radius 1 is 1.22 bits per heavy atom. The Kier molecular flexibility index (Phi) is 0.992. The summed E-state index contributed by atoms with van der Waals surface area (Å²) in [6.45, 7) is 4.61. The predicted octanol–water partition coefficient (Wildman–Crippen LogP) is 2.75. The molecule has 9 heavy (non-hydrogen) atoms. The van der Waals surface area contributed by atoms with Gasteiger partial charge >= 0.3 is 0 Å². The summed E-state index contributed by atoms with van der Waals surface area (Å²) in [7, 11) is 0. The van der Waals surface area contributed by atoms with Crippen LogP contribution in [-0.4, -0.2) is 0 Å². The highest BCUT2D eigenvalue weighted by atomic mass is 14.4. The summed E-state index contributed by atoms with van der Waals surface area (Å²) in [5.74, 6) is 2.09. The Hall–Kier alpha value is -0.260. The summed E-state index contributed by atoms with van der Waals surface area (Å²) in [4.78, 5) is 0. The molecular weight excluding hydrogens is 108 g/mol. The first-order valence-electron chi connectivity index (χ1n) is 3.93. The molecule has 0 saturated heterocycles. The van der Waals surface area contributed by atoms with Gasteiger partial charge in [0.25, 0.3) is 0 Å². The molecule has 0 spiro atoms. The standard InChI is InChI=1S/C9H14/c1-6-3-8-4-9(5-8)7(6)2/h8-9H,3-5H2,1-2H3. The molecule has 0 heteroatoms. The second-order valence-electron chi connectivity index (χ2n) is 3.70. The van der Waals surface area contributed by atoms with E-state index in [1.807, 2.05) is 0 Å². The summed E-state index contributed by atoms with van der Waals surface area (Å²) in [5, 5.41) is 0. The summed E-state index contributed by atoms with van der Waals surface area (Å²) in [6, 6.07) is 0. The van der Waals surface area contributed by atoms with Crippen molar-refractivity contribution in [3.63, 3.8) is 0 Å². The van der Waals surface area contributed by atoms with E-state index < -0.39 is 0 Å². The molecule has 0 radical (unpaired) electrons. The Bertz CT molecular complexity index is 159. The molecule has 0 aromatic carbocycles. The van der Waals surface area contributed by atoms with E-state index in [-0.39, 0.29) is 0 Å². The van der Waals surface area contributed by atoms with Gasteiger partial charge in [-0.15, -0.1) is 0 Å². The largest absolute Gasteiger partial charge is 0.0738 e. The van der Waals surface area contributed by atoms with Crippen LogP contribution < -0.4 is 0 Å². The maximum absolute atomic E-state index is 2.31. The van der Waals surface area contributed by atoms with Gasteiger partial charge in [-0.3, -0.25) is 0 Å². The molecule has 0 N–H and O–H groups in total. The van der Waals surface area contributed by atoms with E-state index in [1.165, 1.54) is 19.3 Å². The third-order valence-corrected chi connectivity index (χ3v) is 3.12. The normalized spacial score (nSPS) is 40.7. The van der Waals surface area contributed by atoms with E-state index in [2.05, 4.69) is 13.8 Å². The van der Waals surface area contributed by atoms with Crippen molar-refractivity contribution in [3.8, 4) is 0 Å². The summed E-state index contributed by atoms with van der Waals surface area (Å²) >= 11 is 0. The van der Waals surface area contributed by atoms with Crippen LogP contribution in [0.1, 0.15) is 33.1 Å². The van der Waals surface area contributed by atoms with Crippen molar-refractivity contribution >= 4 is 0 Å². The molecule has 2 bridgehead atoms. The molecular formula is C9H14. The highest BCUT2D eigenvalue weighted by Gasteiger charge is 2.34. The fourth-order valence-electron chi connectivity index (χ4n) is 2.20. The number of hydrogen-bond acceptors (Lipinski definition) is 0. The van der Waals surface area contributed by atoms with E-state index in [1.54, 1.807) is 11.1 Å². The first-order valence-corrected chi connectivity index (χ1v) is 3.93. The average Bonchev–Trinajstić information content (AvgIpc) is 1.72. The lowest BCUT2D eigenvalue weighted by Crippen LogP contribution is -2.29. The predicted molar refractivity (Wildman–Crippen MR) is 39.2 cm³/mol. The van der Waals surface area contributed by atoms with E-state index >= 15 is 0 Å². The Morgan fingerprint density at radius 3 is 2.22 bits per heavy atom. The molecule has 0 aliphatic heterocycles. The summed E-state index contributed by atoms with van der Waals surface area (Å²) < 4.78 is 0. The number of allylic oxidation sites excluding steroid dienone is 2. The van der Waals surface area contributed by atoms with Crippen LogP contribution in [0, 0.1) is 11.8 Å². The molecule has 0 nitrogen and oxygen atoms in total. The zero-order valence-electron chi connectivity index (χ0n) is 6.28. The SMILES string of the molecule is CC1=C(C)C2CC(C1)C2. The molecule has 0 aromatic rings. The molecule has 1 fully saturated rings. The van der Waals surface area contributed by atoms with Crippen LogP contribution in [0.4, 0.5) is 0 Å². The summed E-state index contributed by atoms with van der Waals surface area (Å²) in [5.41, 5.74) is 3.39. The van der Waals surface area contributed by atoms with Crippen LogP contribution >= 0.6 is 0 Å². The summed E-state index contributed by atoms with van der Waals surface area (Å²) in [6.07, 6.45) is 4.41. The van der Waals surface area contributed by atoms with Crippen LogP contribution in [-0.2, 0) is 0 Å². The van der Waals surface area contributed by atoms with E-state index in [0.29, 0.717) is 0 Å². The lowest BCUT2D eigenvalue weighted by Gasteiger charge is -2.42. The second-order valence-corrected chi connectivity index (χ2v) is 3.70. The molecule has 1 saturated carbocycles. The van der Waals surface area contributed by atoms with E-state index in [4.69, 9.17) is 0 Å². The van der Waals surface area contributed by atoms with Crippen molar-refractivity contribution in [2.45, 2.75) is 33.1 Å². The van der Waals surface area contributed by atoms with Gasteiger partial charge in [0.1, 0.15) is 0 Å². The minimum atomic E-state index is 1.00.